The molecule has 98 valence electrons. The Morgan fingerprint density at radius 2 is 1.83 bits per heavy atom. The second kappa shape index (κ2) is 4.29. The van der Waals surface area contributed by atoms with Crippen LogP contribution in [0.25, 0.3) is 0 Å². The van der Waals surface area contributed by atoms with Crippen molar-refractivity contribution in [1.29, 1.82) is 0 Å². The van der Waals surface area contributed by atoms with Crippen LogP contribution in [-0.2, 0) is 10.0 Å². The number of amidine groups is 1. The van der Waals surface area contributed by atoms with Crippen LogP contribution in [0.4, 0.5) is 5.69 Å². The molecule has 1 unspecified atom stereocenters. The van der Waals surface area contributed by atoms with E-state index in [0.29, 0.717) is 5.84 Å². The Kier molecular flexibility index (Phi) is 3.07. The molecule has 7 nitrogen and oxygen atoms in total. The van der Waals surface area contributed by atoms with Crippen LogP contribution in [0.3, 0.4) is 0 Å². The zero-order valence-corrected chi connectivity index (χ0v) is 11.2. The molecule has 1 aliphatic rings. The van der Waals surface area contributed by atoms with Gasteiger partial charge in [0.15, 0.2) is 0 Å². The Bertz CT molecular complexity index is 596. The first-order valence-corrected chi connectivity index (χ1v) is 6.99. The van der Waals surface area contributed by atoms with Gasteiger partial charge in [-0.05, 0) is 5.92 Å². The molecule has 2 N–H and O–H groups in total. The molecule has 0 aliphatic carbocycles. The Labute approximate surface area is 106 Å². The molecular formula is C10H15N5O2S. The van der Waals surface area contributed by atoms with Crippen LogP contribution < -0.4 is 5.84 Å². The van der Waals surface area contributed by atoms with Crippen LogP contribution in [0.1, 0.15) is 20.8 Å². The van der Waals surface area contributed by atoms with E-state index in [4.69, 9.17) is 5.84 Å². The highest BCUT2D eigenvalue weighted by Crippen LogP contribution is 2.31. The van der Waals surface area contributed by atoms with E-state index in [1.807, 2.05) is 20.8 Å². The molecule has 1 aromatic heterocycles. The van der Waals surface area contributed by atoms with Gasteiger partial charge in [0.1, 0.15) is 16.4 Å². The second-order valence-corrected chi connectivity index (χ2v) is 6.33. The van der Waals surface area contributed by atoms with Crippen molar-refractivity contribution in [3.63, 3.8) is 0 Å². The molecule has 2 rings (SSSR count). The highest BCUT2D eigenvalue weighted by Gasteiger charge is 2.35. The van der Waals surface area contributed by atoms with E-state index in [1.165, 1.54) is 6.20 Å². The van der Waals surface area contributed by atoms with Gasteiger partial charge >= 0.3 is 0 Å². The van der Waals surface area contributed by atoms with Crippen molar-refractivity contribution in [3.05, 3.63) is 12.4 Å². The summed E-state index contributed by atoms with van der Waals surface area (Å²) in [7, 11) is -3.77. The molecular weight excluding hydrogens is 254 g/mol. The number of aromatic nitrogens is 2. The number of hydrogen-bond donors (Lipinski definition) is 1. The molecule has 2 heterocycles. The van der Waals surface area contributed by atoms with Crippen LogP contribution in [0.15, 0.2) is 22.3 Å². The van der Waals surface area contributed by atoms with Gasteiger partial charge in [-0.3, -0.25) is 0 Å². The van der Waals surface area contributed by atoms with Gasteiger partial charge in [0.25, 0.3) is 10.0 Å². The van der Waals surface area contributed by atoms with E-state index in [0.717, 1.165) is 10.6 Å². The summed E-state index contributed by atoms with van der Waals surface area (Å²) in [5.74, 6) is 6.15. The fraction of sp³-hybridized carbons (Fsp3) is 0.500. The average Bonchev–Trinajstić information content (AvgIpc) is 2.33. The lowest BCUT2D eigenvalue weighted by molar-refractivity contribution is 0.465. The zero-order chi connectivity index (χ0) is 13.5. The van der Waals surface area contributed by atoms with Crippen LogP contribution in [0, 0.1) is 11.8 Å². The minimum atomic E-state index is -3.77. The van der Waals surface area contributed by atoms with Crippen molar-refractivity contribution in [2.45, 2.75) is 25.7 Å². The first-order valence-electron chi connectivity index (χ1n) is 5.55. The molecule has 8 heteroatoms. The number of rotatable bonds is 2. The summed E-state index contributed by atoms with van der Waals surface area (Å²) < 4.78 is 25.1. The number of hydrazine groups is 1. The molecule has 0 bridgehead atoms. The third kappa shape index (κ3) is 1.87. The van der Waals surface area contributed by atoms with E-state index in [2.05, 4.69) is 15.2 Å². The fourth-order valence-corrected chi connectivity index (χ4v) is 2.80. The molecule has 1 aliphatic heterocycles. The summed E-state index contributed by atoms with van der Waals surface area (Å²) in [5, 5.41) is 7.20. The number of nitrogens with two attached hydrogens (primary N) is 1. The molecule has 0 saturated heterocycles. The number of hydrogen-bond acceptors (Lipinski definition) is 6. The standard InChI is InChI=1S/C10H15N5O2S/c1-6(2)7(3)10-14-8-4-12-13-5-9(8)18(16,17)15(10)11/h4-7H,11H2,1-3H3. The Balaban J connectivity index is 2.63. The minimum Gasteiger partial charge on any atom is -0.232 e. The summed E-state index contributed by atoms with van der Waals surface area (Å²) >= 11 is 0. The average molecular weight is 269 g/mol. The lowest BCUT2D eigenvalue weighted by atomic mass is 9.97. The van der Waals surface area contributed by atoms with Crippen LogP contribution in [0.2, 0.25) is 0 Å². The van der Waals surface area contributed by atoms with Crippen LogP contribution >= 0.6 is 0 Å². The molecule has 0 radical (unpaired) electrons. The van der Waals surface area contributed by atoms with Crippen LogP contribution in [0.5, 0.6) is 0 Å². The number of aliphatic imine (C=N–C) groups is 1. The lowest BCUT2D eigenvalue weighted by Gasteiger charge is -2.29. The third-order valence-corrected chi connectivity index (χ3v) is 4.65. The van der Waals surface area contributed by atoms with Gasteiger partial charge in [-0.15, -0.1) is 0 Å². The predicted octanol–water partition coefficient (Wildman–Crippen LogP) is 0.677. The maximum atomic E-state index is 12.2. The van der Waals surface area contributed by atoms with Crippen molar-refractivity contribution in [2.24, 2.45) is 22.7 Å². The molecule has 1 atom stereocenters. The number of fused-ring (bicyclic) bond motifs is 1. The van der Waals surface area contributed by atoms with E-state index >= 15 is 0 Å². The van der Waals surface area contributed by atoms with Gasteiger partial charge in [0, 0.05) is 5.92 Å². The van der Waals surface area contributed by atoms with E-state index in [1.54, 1.807) is 0 Å². The molecule has 0 spiro atoms. The van der Waals surface area contributed by atoms with Crippen molar-refractivity contribution < 1.29 is 8.42 Å². The van der Waals surface area contributed by atoms with Crippen molar-refractivity contribution in [3.8, 4) is 0 Å². The lowest BCUT2D eigenvalue weighted by Crippen LogP contribution is -2.47. The topological polar surface area (TPSA) is 102 Å². The van der Waals surface area contributed by atoms with Crippen molar-refractivity contribution in [1.82, 2.24) is 14.6 Å². The first-order chi connectivity index (χ1) is 8.35. The van der Waals surface area contributed by atoms with E-state index in [9.17, 15) is 8.42 Å². The Hall–Kier alpha value is -1.54. The highest BCUT2D eigenvalue weighted by molar-refractivity contribution is 7.89. The summed E-state index contributed by atoms with van der Waals surface area (Å²) in [6, 6.07) is 0. The van der Waals surface area contributed by atoms with Gasteiger partial charge in [0.2, 0.25) is 0 Å². The van der Waals surface area contributed by atoms with Crippen molar-refractivity contribution >= 4 is 21.5 Å². The van der Waals surface area contributed by atoms with Gasteiger partial charge in [0.05, 0.1) is 12.4 Å². The largest absolute Gasteiger partial charge is 0.282 e. The summed E-state index contributed by atoms with van der Waals surface area (Å²) in [6.07, 6.45) is 2.48. The second-order valence-electron chi connectivity index (χ2n) is 4.54. The normalized spacial score (nSPS) is 19.4. The molecule has 0 saturated carbocycles. The Morgan fingerprint density at radius 1 is 1.22 bits per heavy atom. The van der Waals surface area contributed by atoms with Crippen molar-refractivity contribution in [2.75, 3.05) is 0 Å². The van der Waals surface area contributed by atoms with Crippen LogP contribution in [-0.4, -0.2) is 28.9 Å². The minimum absolute atomic E-state index is 0.0142. The predicted molar refractivity (Wildman–Crippen MR) is 66.3 cm³/mol. The summed E-state index contributed by atoms with van der Waals surface area (Å²) in [6.45, 7) is 5.85. The Morgan fingerprint density at radius 3 is 2.44 bits per heavy atom. The summed E-state index contributed by atoms with van der Waals surface area (Å²) in [4.78, 5) is 4.26. The van der Waals surface area contributed by atoms with Gasteiger partial charge < -0.3 is 0 Å². The fourth-order valence-electron chi connectivity index (χ4n) is 1.59. The van der Waals surface area contributed by atoms with Gasteiger partial charge in [-0.1, -0.05) is 20.8 Å². The van der Waals surface area contributed by atoms with E-state index in [-0.39, 0.29) is 22.4 Å². The monoisotopic (exact) mass is 269 g/mol. The smallest absolute Gasteiger partial charge is 0.232 e. The molecule has 18 heavy (non-hydrogen) atoms. The maximum absolute atomic E-state index is 12.2. The van der Waals surface area contributed by atoms with Gasteiger partial charge in [-0.2, -0.15) is 23.0 Å². The first kappa shape index (κ1) is 12.9. The molecule has 1 aromatic rings. The highest BCUT2D eigenvalue weighted by atomic mass is 32.2. The van der Waals surface area contributed by atoms with E-state index < -0.39 is 10.0 Å². The number of sulfonamides is 1. The SMILES string of the molecule is CC(C)C(C)C1=Nc2cnncc2S(=O)(=O)N1N. The maximum Gasteiger partial charge on any atom is 0.282 e. The summed E-state index contributed by atoms with van der Waals surface area (Å²) in [5.41, 5.74) is 0.286. The molecule has 0 fully saturated rings. The molecule has 0 aromatic carbocycles. The number of nitrogens with zero attached hydrogens (tertiary/aromatic N) is 4. The zero-order valence-electron chi connectivity index (χ0n) is 10.4. The molecule has 0 amide bonds. The quantitative estimate of drug-likeness (QED) is 0.795. The van der Waals surface area contributed by atoms with Gasteiger partial charge in [-0.25, -0.2) is 10.8 Å². The third-order valence-electron chi connectivity index (χ3n) is 3.08.